The van der Waals surface area contributed by atoms with Gasteiger partial charge < -0.3 is 10.1 Å². The number of rotatable bonds is 3. The monoisotopic (exact) mass is 253 g/mol. The fraction of sp³-hybridized carbons (Fsp3) is 0.615. The maximum absolute atomic E-state index is 12.1. The number of carbonyl (C=O) groups excluding carboxylic acids is 1. The van der Waals surface area contributed by atoms with E-state index in [-0.39, 0.29) is 11.4 Å². The average Bonchev–Trinajstić information content (AvgIpc) is 2.77. The van der Waals surface area contributed by atoms with Crippen molar-refractivity contribution in [1.82, 2.24) is 0 Å². The van der Waals surface area contributed by atoms with Crippen LogP contribution >= 0.6 is 11.3 Å². The van der Waals surface area contributed by atoms with E-state index in [4.69, 9.17) is 4.74 Å². The lowest BCUT2D eigenvalue weighted by Crippen LogP contribution is -2.18. The van der Waals surface area contributed by atoms with Gasteiger partial charge >= 0.3 is 5.97 Å². The Hall–Kier alpha value is -1.03. The van der Waals surface area contributed by atoms with Gasteiger partial charge in [-0.2, -0.15) is 0 Å². The van der Waals surface area contributed by atoms with Crippen LogP contribution in [0.3, 0.4) is 0 Å². The van der Waals surface area contributed by atoms with Crippen LogP contribution in [0.1, 0.15) is 48.0 Å². The Bertz CT molecular complexity index is 449. The summed E-state index contributed by atoms with van der Waals surface area (Å²) in [6, 6.07) is 0. The normalized spacial score (nSPS) is 16.7. The van der Waals surface area contributed by atoms with Gasteiger partial charge in [-0.05, 0) is 30.7 Å². The number of esters is 1. The molecule has 1 aromatic rings. The van der Waals surface area contributed by atoms with E-state index >= 15 is 0 Å². The number of thiophene rings is 1. The van der Waals surface area contributed by atoms with Crippen molar-refractivity contribution in [3.05, 3.63) is 16.0 Å². The lowest BCUT2D eigenvalue weighted by molar-refractivity contribution is 0.0525. The zero-order valence-corrected chi connectivity index (χ0v) is 11.7. The first-order chi connectivity index (χ1) is 8.01. The van der Waals surface area contributed by atoms with Gasteiger partial charge in [0.15, 0.2) is 0 Å². The number of fused-ring (bicyclic) bond motifs is 1. The molecule has 0 aliphatic heterocycles. The molecule has 94 valence electrons. The Morgan fingerprint density at radius 1 is 1.53 bits per heavy atom. The summed E-state index contributed by atoms with van der Waals surface area (Å²) in [6.07, 6.45) is 2.19. The van der Waals surface area contributed by atoms with Gasteiger partial charge in [0.05, 0.1) is 12.2 Å². The second-order valence-corrected chi connectivity index (χ2v) is 6.06. The Morgan fingerprint density at radius 3 is 2.82 bits per heavy atom. The van der Waals surface area contributed by atoms with Crippen LogP contribution in [-0.4, -0.2) is 19.6 Å². The van der Waals surface area contributed by atoms with E-state index in [9.17, 15) is 4.79 Å². The summed E-state index contributed by atoms with van der Waals surface area (Å²) >= 11 is 1.69. The highest BCUT2D eigenvalue weighted by atomic mass is 32.1. The maximum Gasteiger partial charge on any atom is 0.341 e. The van der Waals surface area contributed by atoms with Gasteiger partial charge in [0, 0.05) is 11.9 Å². The molecular formula is C13H19NO2S. The molecule has 2 rings (SSSR count). The van der Waals surface area contributed by atoms with Crippen molar-refractivity contribution in [3.8, 4) is 0 Å². The topological polar surface area (TPSA) is 38.3 Å². The minimum Gasteiger partial charge on any atom is -0.462 e. The van der Waals surface area contributed by atoms with Gasteiger partial charge in [0.2, 0.25) is 0 Å². The van der Waals surface area contributed by atoms with E-state index in [1.807, 2.05) is 14.0 Å². The van der Waals surface area contributed by atoms with Crippen LogP contribution in [0.25, 0.3) is 0 Å². The number of ether oxygens (including phenoxy) is 1. The number of hydrogen-bond acceptors (Lipinski definition) is 4. The van der Waals surface area contributed by atoms with Gasteiger partial charge in [-0.25, -0.2) is 4.79 Å². The molecule has 0 fully saturated rings. The van der Waals surface area contributed by atoms with Crippen molar-refractivity contribution in [2.24, 2.45) is 0 Å². The lowest BCUT2D eigenvalue weighted by Gasteiger charge is -2.20. The largest absolute Gasteiger partial charge is 0.462 e. The van der Waals surface area contributed by atoms with Crippen molar-refractivity contribution < 1.29 is 9.53 Å². The molecule has 0 aromatic carbocycles. The van der Waals surface area contributed by atoms with Crippen molar-refractivity contribution in [2.45, 2.75) is 39.0 Å². The minimum atomic E-state index is -0.190. The van der Waals surface area contributed by atoms with E-state index in [2.05, 4.69) is 19.2 Å². The highest BCUT2D eigenvalue weighted by Crippen LogP contribution is 2.48. The van der Waals surface area contributed by atoms with E-state index in [0.29, 0.717) is 6.61 Å². The zero-order chi connectivity index (χ0) is 12.6. The zero-order valence-electron chi connectivity index (χ0n) is 10.8. The van der Waals surface area contributed by atoms with Crippen LogP contribution in [0, 0.1) is 0 Å². The molecule has 0 bridgehead atoms. The van der Waals surface area contributed by atoms with Gasteiger partial charge in [0.1, 0.15) is 5.00 Å². The van der Waals surface area contributed by atoms with Crippen molar-refractivity contribution in [3.63, 3.8) is 0 Å². The predicted octanol–water partition coefficient (Wildman–Crippen LogP) is 3.19. The first-order valence-electron chi connectivity index (χ1n) is 6.02. The molecule has 1 aliphatic rings. The molecule has 1 aliphatic carbocycles. The molecular weight excluding hydrogens is 234 g/mol. The number of carbonyl (C=O) groups is 1. The van der Waals surface area contributed by atoms with Crippen LogP contribution in [0.15, 0.2) is 0 Å². The number of anilines is 1. The predicted molar refractivity (Wildman–Crippen MR) is 71.2 cm³/mol. The van der Waals surface area contributed by atoms with Crippen molar-refractivity contribution in [2.75, 3.05) is 19.0 Å². The van der Waals surface area contributed by atoms with E-state index in [1.165, 1.54) is 10.4 Å². The molecule has 17 heavy (non-hydrogen) atoms. The third-order valence-electron chi connectivity index (χ3n) is 3.34. The van der Waals surface area contributed by atoms with Crippen LogP contribution in [-0.2, 0) is 16.6 Å². The molecule has 1 N–H and O–H groups in total. The fourth-order valence-corrected chi connectivity index (χ4v) is 3.82. The van der Waals surface area contributed by atoms with Crippen LogP contribution in [0.5, 0.6) is 0 Å². The molecule has 1 aromatic heterocycles. The Kier molecular flexibility index (Phi) is 3.17. The summed E-state index contributed by atoms with van der Waals surface area (Å²) in [5.74, 6) is -0.190. The quantitative estimate of drug-likeness (QED) is 0.841. The highest BCUT2D eigenvalue weighted by Gasteiger charge is 2.38. The molecule has 3 nitrogen and oxygen atoms in total. The van der Waals surface area contributed by atoms with Gasteiger partial charge in [-0.15, -0.1) is 11.3 Å². The Morgan fingerprint density at radius 2 is 2.24 bits per heavy atom. The second-order valence-electron chi connectivity index (χ2n) is 4.96. The van der Waals surface area contributed by atoms with E-state index in [0.717, 1.165) is 23.4 Å². The molecule has 1 heterocycles. The first kappa shape index (κ1) is 12.4. The molecule has 0 amide bonds. The Balaban J connectivity index is 2.53. The molecule has 4 heteroatoms. The van der Waals surface area contributed by atoms with Crippen molar-refractivity contribution >= 4 is 22.3 Å². The summed E-state index contributed by atoms with van der Waals surface area (Å²) in [6.45, 7) is 6.67. The first-order valence-corrected chi connectivity index (χ1v) is 6.84. The lowest BCUT2D eigenvalue weighted by atomic mass is 9.85. The average molecular weight is 253 g/mol. The summed E-state index contributed by atoms with van der Waals surface area (Å²) < 4.78 is 5.18. The standard InChI is InChI=1S/C13H19NO2S/c1-5-16-12(15)9-10-8(17-11(9)14-4)6-7-13(10,2)3/h14H,5-7H2,1-4H3. The van der Waals surface area contributed by atoms with Crippen LogP contribution in [0.2, 0.25) is 0 Å². The third kappa shape index (κ3) is 1.95. The number of nitrogens with one attached hydrogen (secondary N) is 1. The van der Waals surface area contributed by atoms with Gasteiger partial charge in [-0.1, -0.05) is 13.8 Å². The molecule has 0 saturated carbocycles. The molecule has 0 saturated heterocycles. The molecule has 0 spiro atoms. The Labute approximate surface area is 106 Å². The highest BCUT2D eigenvalue weighted by molar-refractivity contribution is 7.16. The second kappa shape index (κ2) is 4.33. The number of aryl methyl sites for hydroxylation is 1. The van der Waals surface area contributed by atoms with E-state index in [1.54, 1.807) is 11.3 Å². The van der Waals surface area contributed by atoms with E-state index < -0.39 is 0 Å². The smallest absolute Gasteiger partial charge is 0.341 e. The summed E-state index contributed by atoms with van der Waals surface area (Å²) in [7, 11) is 1.86. The minimum absolute atomic E-state index is 0.0863. The molecule has 0 radical (unpaired) electrons. The summed E-state index contributed by atoms with van der Waals surface area (Å²) in [4.78, 5) is 13.4. The molecule has 0 atom stereocenters. The third-order valence-corrected chi connectivity index (χ3v) is 4.61. The van der Waals surface area contributed by atoms with Gasteiger partial charge in [0.25, 0.3) is 0 Å². The van der Waals surface area contributed by atoms with Gasteiger partial charge in [-0.3, -0.25) is 0 Å². The van der Waals surface area contributed by atoms with Crippen LogP contribution in [0.4, 0.5) is 5.00 Å². The van der Waals surface area contributed by atoms with Crippen LogP contribution < -0.4 is 5.32 Å². The molecule has 0 unspecified atom stereocenters. The number of hydrogen-bond donors (Lipinski definition) is 1. The van der Waals surface area contributed by atoms with Crippen molar-refractivity contribution in [1.29, 1.82) is 0 Å². The summed E-state index contributed by atoms with van der Waals surface area (Å²) in [5, 5.41) is 4.07. The summed E-state index contributed by atoms with van der Waals surface area (Å²) in [5.41, 5.74) is 2.05. The fourth-order valence-electron chi connectivity index (χ4n) is 2.50. The SMILES string of the molecule is CCOC(=O)c1c(NC)sc2c1C(C)(C)CC2. The maximum atomic E-state index is 12.1.